The lowest BCUT2D eigenvalue weighted by molar-refractivity contribution is -0.386. The van der Waals surface area contributed by atoms with E-state index in [2.05, 4.69) is 9.72 Å². The number of hydrogen-bond acceptors (Lipinski definition) is 6. The number of pyridine rings is 1. The predicted molar refractivity (Wildman–Crippen MR) is 48.3 cm³/mol. The van der Waals surface area contributed by atoms with Crippen LogP contribution in [-0.4, -0.2) is 28.1 Å². The molecule has 0 aliphatic heterocycles. The normalized spacial score (nSPS) is 9.67. The SMILES string of the molecule is COC(=O)Cc1nccc([N+](=O)[O-])c1O. The number of aromatic hydroxyl groups is 1. The Morgan fingerprint density at radius 3 is 2.93 bits per heavy atom. The van der Waals surface area contributed by atoms with E-state index < -0.39 is 22.3 Å². The molecule has 0 fully saturated rings. The third-order valence-electron chi connectivity index (χ3n) is 1.71. The molecule has 1 aromatic heterocycles. The van der Waals surface area contributed by atoms with E-state index in [1.165, 1.54) is 7.11 Å². The van der Waals surface area contributed by atoms with Gasteiger partial charge in [0.05, 0.1) is 18.5 Å². The lowest BCUT2D eigenvalue weighted by atomic mass is 10.2. The van der Waals surface area contributed by atoms with Crippen LogP contribution in [0.15, 0.2) is 12.3 Å². The van der Waals surface area contributed by atoms with E-state index in [1.807, 2.05) is 0 Å². The van der Waals surface area contributed by atoms with Crippen LogP contribution in [0.1, 0.15) is 5.69 Å². The quantitative estimate of drug-likeness (QED) is 0.442. The van der Waals surface area contributed by atoms with Crippen LogP contribution in [0.2, 0.25) is 0 Å². The molecule has 1 N–H and O–H groups in total. The summed E-state index contributed by atoms with van der Waals surface area (Å²) in [6.45, 7) is 0. The van der Waals surface area contributed by atoms with Crippen molar-refractivity contribution in [1.29, 1.82) is 0 Å². The standard InChI is InChI=1S/C8H8N2O5/c1-15-7(11)4-5-8(12)6(10(13)14)2-3-9-5/h2-3,12H,4H2,1H3. The molecule has 7 heteroatoms. The molecular weight excluding hydrogens is 204 g/mol. The maximum absolute atomic E-state index is 10.9. The number of rotatable bonds is 3. The number of ether oxygens (including phenoxy) is 1. The molecule has 0 amide bonds. The van der Waals surface area contributed by atoms with Crippen molar-refractivity contribution in [1.82, 2.24) is 4.98 Å². The Balaban J connectivity index is 3.04. The molecule has 0 spiro atoms. The molecule has 0 saturated heterocycles. The Morgan fingerprint density at radius 1 is 1.73 bits per heavy atom. The molecule has 1 rings (SSSR count). The first kappa shape index (κ1) is 10.9. The minimum Gasteiger partial charge on any atom is -0.501 e. The highest BCUT2D eigenvalue weighted by Gasteiger charge is 2.19. The van der Waals surface area contributed by atoms with Crippen molar-refractivity contribution in [2.24, 2.45) is 0 Å². The van der Waals surface area contributed by atoms with Crippen LogP contribution < -0.4 is 0 Å². The summed E-state index contributed by atoms with van der Waals surface area (Å²) in [5.74, 6) is -1.23. The first-order valence-electron chi connectivity index (χ1n) is 3.94. The second-order valence-electron chi connectivity index (χ2n) is 2.64. The Labute approximate surface area is 84.5 Å². The molecule has 1 heterocycles. The largest absolute Gasteiger partial charge is 0.501 e. The number of carbonyl (C=O) groups excluding carboxylic acids is 1. The third kappa shape index (κ3) is 2.39. The molecule has 0 radical (unpaired) electrons. The topological polar surface area (TPSA) is 103 Å². The Bertz CT molecular complexity index is 404. The first-order chi connectivity index (χ1) is 7.06. The van der Waals surface area contributed by atoms with Crippen molar-refractivity contribution in [3.8, 4) is 5.75 Å². The minimum absolute atomic E-state index is 0.0731. The summed E-state index contributed by atoms with van der Waals surface area (Å²) in [5.41, 5.74) is -0.556. The van der Waals surface area contributed by atoms with Crippen molar-refractivity contribution in [2.75, 3.05) is 7.11 Å². The number of esters is 1. The van der Waals surface area contributed by atoms with Gasteiger partial charge in [-0.3, -0.25) is 19.9 Å². The van der Waals surface area contributed by atoms with Gasteiger partial charge in [-0.05, 0) is 0 Å². The van der Waals surface area contributed by atoms with Gasteiger partial charge >= 0.3 is 11.7 Å². The van der Waals surface area contributed by atoms with E-state index in [4.69, 9.17) is 0 Å². The number of methoxy groups -OCH3 is 1. The summed E-state index contributed by atoms with van der Waals surface area (Å²) < 4.78 is 4.35. The molecule has 0 bridgehead atoms. The van der Waals surface area contributed by atoms with Crippen molar-refractivity contribution in [3.05, 3.63) is 28.1 Å². The van der Waals surface area contributed by atoms with Crippen molar-refractivity contribution < 1.29 is 19.6 Å². The zero-order chi connectivity index (χ0) is 11.4. The smallest absolute Gasteiger partial charge is 0.314 e. The molecule has 0 saturated carbocycles. The van der Waals surface area contributed by atoms with Gasteiger partial charge in [0.25, 0.3) is 0 Å². The zero-order valence-electron chi connectivity index (χ0n) is 7.84. The maximum Gasteiger partial charge on any atom is 0.314 e. The Hall–Kier alpha value is -2.18. The highest BCUT2D eigenvalue weighted by molar-refractivity contribution is 5.73. The van der Waals surface area contributed by atoms with Crippen molar-refractivity contribution in [3.63, 3.8) is 0 Å². The lowest BCUT2D eigenvalue weighted by Gasteiger charge is -2.02. The fraction of sp³-hybridized carbons (Fsp3) is 0.250. The number of aromatic nitrogens is 1. The highest BCUT2D eigenvalue weighted by Crippen LogP contribution is 2.27. The van der Waals surface area contributed by atoms with E-state index in [0.717, 1.165) is 12.3 Å². The molecule has 15 heavy (non-hydrogen) atoms. The Kier molecular flexibility index (Phi) is 3.17. The Morgan fingerprint density at radius 2 is 2.40 bits per heavy atom. The van der Waals surface area contributed by atoms with Crippen LogP contribution in [0.4, 0.5) is 5.69 Å². The molecule has 1 aromatic rings. The van der Waals surface area contributed by atoms with Gasteiger partial charge in [-0.25, -0.2) is 0 Å². The molecule has 0 atom stereocenters. The van der Waals surface area contributed by atoms with Crippen LogP contribution >= 0.6 is 0 Å². The number of carbonyl (C=O) groups is 1. The van der Waals surface area contributed by atoms with E-state index in [-0.39, 0.29) is 12.1 Å². The predicted octanol–water partition coefficient (Wildman–Crippen LogP) is 0.411. The first-order valence-corrected chi connectivity index (χ1v) is 3.94. The second-order valence-corrected chi connectivity index (χ2v) is 2.64. The fourth-order valence-corrected chi connectivity index (χ4v) is 0.971. The summed E-state index contributed by atoms with van der Waals surface area (Å²) in [4.78, 5) is 24.2. The van der Waals surface area contributed by atoms with Gasteiger partial charge in [0.1, 0.15) is 5.69 Å². The van der Waals surface area contributed by atoms with Crippen LogP contribution in [0.25, 0.3) is 0 Å². The third-order valence-corrected chi connectivity index (χ3v) is 1.71. The van der Waals surface area contributed by atoms with Crippen LogP contribution in [0, 0.1) is 10.1 Å². The van der Waals surface area contributed by atoms with E-state index in [1.54, 1.807) is 0 Å². The summed E-state index contributed by atoms with van der Waals surface area (Å²) >= 11 is 0. The molecule has 0 aliphatic rings. The molecule has 80 valence electrons. The average Bonchev–Trinajstić information content (AvgIpc) is 2.20. The fourth-order valence-electron chi connectivity index (χ4n) is 0.971. The minimum atomic E-state index is -0.752. The van der Waals surface area contributed by atoms with Gasteiger partial charge in [0, 0.05) is 12.3 Å². The molecular formula is C8H8N2O5. The second kappa shape index (κ2) is 4.36. The van der Waals surface area contributed by atoms with Crippen LogP contribution in [-0.2, 0) is 16.0 Å². The lowest BCUT2D eigenvalue weighted by Crippen LogP contribution is -2.06. The molecule has 0 unspecified atom stereocenters. The van der Waals surface area contributed by atoms with Gasteiger partial charge < -0.3 is 9.84 Å². The number of nitro groups is 1. The van der Waals surface area contributed by atoms with Gasteiger partial charge in [-0.2, -0.15) is 0 Å². The van der Waals surface area contributed by atoms with E-state index in [9.17, 15) is 20.0 Å². The average molecular weight is 212 g/mol. The number of hydrogen-bond donors (Lipinski definition) is 1. The van der Waals surface area contributed by atoms with Gasteiger partial charge in [0.15, 0.2) is 0 Å². The van der Waals surface area contributed by atoms with Crippen LogP contribution in [0.3, 0.4) is 0 Å². The van der Waals surface area contributed by atoms with Gasteiger partial charge in [-0.1, -0.05) is 0 Å². The molecule has 7 nitrogen and oxygen atoms in total. The van der Waals surface area contributed by atoms with Gasteiger partial charge in [-0.15, -0.1) is 0 Å². The maximum atomic E-state index is 10.9. The van der Waals surface area contributed by atoms with Crippen molar-refractivity contribution >= 4 is 11.7 Å². The summed E-state index contributed by atoms with van der Waals surface area (Å²) in [6.07, 6.45) is 0.847. The van der Waals surface area contributed by atoms with E-state index in [0.29, 0.717) is 0 Å². The monoisotopic (exact) mass is 212 g/mol. The molecule has 0 aromatic carbocycles. The van der Waals surface area contributed by atoms with Crippen molar-refractivity contribution in [2.45, 2.75) is 6.42 Å². The zero-order valence-corrected chi connectivity index (χ0v) is 7.84. The summed E-state index contributed by atoms with van der Waals surface area (Å²) in [7, 11) is 1.18. The summed E-state index contributed by atoms with van der Waals surface area (Å²) in [5, 5.41) is 19.8. The van der Waals surface area contributed by atoms with Gasteiger partial charge in [0.2, 0.25) is 5.75 Å². The van der Waals surface area contributed by atoms with Crippen LogP contribution in [0.5, 0.6) is 5.75 Å². The summed E-state index contributed by atoms with van der Waals surface area (Å²) in [6, 6.07) is 1.05. The number of nitrogens with zero attached hydrogens (tertiary/aromatic N) is 2. The highest BCUT2D eigenvalue weighted by atomic mass is 16.6. The van der Waals surface area contributed by atoms with E-state index >= 15 is 0 Å². The molecule has 0 aliphatic carbocycles.